The van der Waals surface area contributed by atoms with Crippen LogP contribution in [-0.4, -0.2) is 43.4 Å². The van der Waals surface area contributed by atoms with Crippen molar-refractivity contribution in [1.82, 2.24) is 5.32 Å². The molecule has 22 heavy (non-hydrogen) atoms. The number of ether oxygens (including phenoxy) is 2. The summed E-state index contributed by atoms with van der Waals surface area (Å²) in [6.45, 7) is 9.93. The molecule has 0 aliphatic heterocycles. The van der Waals surface area contributed by atoms with Gasteiger partial charge in [0.25, 0.3) is 0 Å². The first-order valence-electron chi connectivity index (χ1n) is 6.72. The highest BCUT2D eigenvalue weighted by molar-refractivity contribution is 6.29. The first kappa shape index (κ1) is 19.6. The van der Waals surface area contributed by atoms with E-state index in [2.05, 4.69) is 27.9 Å². The maximum absolute atomic E-state index is 11.3. The summed E-state index contributed by atoms with van der Waals surface area (Å²) in [5.74, 6) is -2.75. The maximum atomic E-state index is 11.3. The second-order valence-corrected chi connectivity index (χ2v) is 4.62. The number of carbonyl (C=O) groups excluding carboxylic acids is 4. The van der Waals surface area contributed by atoms with Crippen LogP contribution >= 0.6 is 0 Å². The zero-order valence-electron chi connectivity index (χ0n) is 12.9. The maximum Gasteiger partial charge on any atom is 0.417 e. The molecule has 7 nitrogen and oxygen atoms in total. The molecule has 0 fully saturated rings. The third-order valence-electron chi connectivity index (χ3n) is 2.43. The molecule has 0 aromatic heterocycles. The topological polar surface area (TPSA) is 98.8 Å². The van der Waals surface area contributed by atoms with Crippen molar-refractivity contribution in [2.24, 2.45) is 0 Å². The summed E-state index contributed by atoms with van der Waals surface area (Å²) in [4.78, 5) is 44.9. The van der Waals surface area contributed by atoms with Crippen molar-refractivity contribution < 1.29 is 28.7 Å². The van der Waals surface area contributed by atoms with E-state index in [1.165, 1.54) is 6.92 Å². The summed E-state index contributed by atoms with van der Waals surface area (Å²) in [6.07, 6.45) is 0.504. The van der Waals surface area contributed by atoms with Crippen molar-refractivity contribution in [3.8, 4) is 0 Å². The highest BCUT2D eigenvalue weighted by Gasteiger charge is 2.17. The minimum atomic E-state index is -1.14. The fourth-order valence-corrected chi connectivity index (χ4v) is 1.19. The second-order valence-electron chi connectivity index (χ2n) is 4.62. The van der Waals surface area contributed by atoms with Crippen molar-refractivity contribution in [3.05, 3.63) is 24.3 Å². The van der Waals surface area contributed by atoms with E-state index in [0.717, 1.165) is 0 Å². The quantitative estimate of drug-likeness (QED) is 0.291. The van der Waals surface area contributed by atoms with Crippen LogP contribution in [0.25, 0.3) is 0 Å². The fourth-order valence-electron chi connectivity index (χ4n) is 1.19. The van der Waals surface area contributed by atoms with Crippen molar-refractivity contribution in [3.63, 3.8) is 0 Å². The number of hydrogen-bond donors (Lipinski definition) is 1. The summed E-state index contributed by atoms with van der Waals surface area (Å²) in [5, 5.41) is 2.44. The van der Waals surface area contributed by atoms with Crippen LogP contribution in [0, 0.1) is 0 Å². The minimum Gasteiger partial charge on any atom is -0.457 e. The number of amides is 1. The third-order valence-corrected chi connectivity index (χ3v) is 2.43. The standard InChI is InChI=1S/C15H21NO6/c1-10(2)12(17)6-5-8-21-14(19)15(20)22-9-7-16-13(18)11(3)4/h1,3,5-9H2,2,4H3,(H,16,18). The highest BCUT2D eigenvalue weighted by atomic mass is 16.6. The van der Waals surface area contributed by atoms with Crippen LogP contribution in [0.3, 0.4) is 0 Å². The molecule has 0 heterocycles. The second kappa shape index (κ2) is 10.3. The van der Waals surface area contributed by atoms with Crippen molar-refractivity contribution in [2.75, 3.05) is 19.8 Å². The molecule has 1 amide bonds. The molecule has 0 aliphatic rings. The van der Waals surface area contributed by atoms with Gasteiger partial charge in [0.05, 0.1) is 13.2 Å². The van der Waals surface area contributed by atoms with Crippen molar-refractivity contribution in [2.45, 2.75) is 26.7 Å². The van der Waals surface area contributed by atoms with E-state index >= 15 is 0 Å². The Hall–Kier alpha value is -2.44. The van der Waals surface area contributed by atoms with Gasteiger partial charge in [0, 0.05) is 12.0 Å². The number of rotatable bonds is 9. The van der Waals surface area contributed by atoms with Crippen LogP contribution in [0.15, 0.2) is 24.3 Å². The molecule has 0 aliphatic carbocycles. The Kier molecular flexibility index (Phi) is 9.17. The normalized spacial score (nSPS) is 9.55. The predicted molar refractivity (Wildman–Crippen MR) is 78.8 cm³/mol. The zero-order valence-corrected chi connectivity index (χ0v) is 12.9. The summed E-state index contributed by atoms with van der Waals surface area (Å²) >= 11 is 0. The smallest absolute Gasteiger partial charge is 0.417 e. The molecule has 0 saturated heterocycles. The van der Waals surface area contributed by atoms with Crippen LogP contribution in [0.1, 0.15) is 26.7 Å². The number of carbonyl (C=O) groups is 4. The Labute approximate surface area is 129 Å². The SMILES string of the molecule is C=C(C)C(=O)CCCOC(=O)C(=O)OCCNC(=O)C(=C)C. The van der Waals surface area contributed by atoms with E-state index < -0.39 is 11.9 Å². The van der Waals surface area contributed by atoms with Crippen LogP contribution in [-0.2, 0) is 28.7 Å². The molecule has 0 aromatic carbocycles. The molecular weight excluding hydrogens is 290 g/mol. The van der Waals surface area contributed by atoms with Gasteiger partial charge in [-0.05, 0) is 25.8 Å². The Morgan fingerprint density at radius 2 is 1.45 bits per heavy atom. The molecular formula is C15H21NO6. The van der Waals surface area contributed by atoms with E-state index in [4.69, 9.17) is 0 Å². The van der Waals surface area contributed by atoms with Gasteiger partial charge in [-0.1, -0.05) is 13.2 Å². The average molecular weight is 311 g/mol. The van der Waals surface area contributed by atoms with Gasteiger partial charge in [-0.25, -0.2) is 9.59 Å². The third kappa shape index (κ3) is 8.68. The summed E-state index contributed by atoms with van der Waals surface area (Å²) in [5.41, 5.74) is 0.762. The number of nitrogens with one attached hydrogen (secondary N) is 1. The lowest BCUT2D eigenvalue weighted by molar-refractivity contribution is -0.167. The lowest BCUT2D eigenvalue weighted by Gasteiger charge is -2.06. The van der Waals surface area contributed by atoms with Gasteiger partial charge >= 0.3 is 11.9 Å². The minimum absolute atomic E-state index is 0.0562. The van der Waals surface area contributed by atoms with Gasteiger partial charge in [0.2, 0.25) is 5.91 Å². The first-order valence-corrected chi connectivity index (χ1v) is 6.72. The molecule has 0 atom stereocenters. The van der Waals surface area contributed by atoms with E-state index in [0.29, 0.717) is 17.6 Å². The average Bonchev–Trinajstić information content (AvgIpc) is 2.46. The zero-order chi connectivity index (χ0) is 17.1. The monoisotopic (exact) mass is 311 g/mol. The van der Waals surface area contributed by atoms with Crippen molar-refractivity contribution in [1.29, 1.82) is 0 Å². The van der Waals surface area contributed by atoms with Crippen LogP contribution in [0.4, 0.5) is 0 Å². The Morgan fingerprint density at radius 3 is 1.95 bits per heavy atom. The number of ketones is 1. The first-order chi connectivity index (χ1) is 10.3. The molecule has 1 N–H and O–H groups in total. The van der Waals surface area contributed by atoms with Gasteiger partial charge < -0.3 is 14.8 Å². The molecule has 7 heteroatoms. The largest absolute Gasteiger partial charge is 0.457 e. The van der Waals surface area contributed by atoms with Crippen LogP contribution in [0.2, 0.25) is 0 Å². The van der Waals surface area contributed by atoms with Gasteiger partial charge in [0.1, 0.15) is 6.61 Å². The molecule has 0 bridgehead atoms. The summed E-state index contributed by atoms with van der Waals surface area (Å²) in [7, 11) is 0. The van der Waals surface area contributed by atoms with Crippen molar-refractivity contribution >= 4 is 23.6 Å². The number of Topliss-reactive ketones (excluding diaryl/α,β-unsaturated/α-hetero) is 1. The highest BCUT2D eigenvalue weighted by Crippen LogP contribution is 2.00. The number of esters is 2. The van der Waals surface area contributed by atoms with Gasteiger partial charge in [-0.2, -0.15) is 0 Å². The lowest BCUT2D eigenvalue weighted by atomic mass is 10.1. The number of allylic oxidation sites excluding steroid dienone is 1. The summed E-state index contributed by atoms with van der Waals surface area (Å²) < 4.78 is 9.26. The molecule has 0 aromatic rings. The van der Waals surface area contributed by atoms with Gasteiger partial charge in [-0.15, -0.1) is 0 Å². The molecule has 0 rings (SSSR count). The van der Waals surface area contributed by atoms with E-state index in [9.17, 15) is 19.2 Å². The fraction of sp³-hybridized carbons (Fsp3) is 0.467. The van der Waals surface area contributed by atoms with Gasteiger partial charge in [0.15, 0.2) is 5.78 Å². The molecule has 0 radical (unpaired) electrons. The Balaban J connectivity index is 3.78. The molecule has 122 valence electrons. The Bertz CT molecular complexity index is 436. The van der Waals surface area contributed by atoms with E-state index in [-0.39, 0.29) is 37.9 Å². The van der Waals surface area contributed by atoms with Crippen LogP contribution in [0.5, 0.6) is 0 Å². The Morgan fingerprint density at radius 1 is 0.909 bits per heavy atom. The summed E-state index contributed by atoms with van der Waals surface area (Å²) in [6, 6.07) is 0. The van der Waals surface area contributed by atoms with E-state index in [1.54, 1.807) is 6.92 Å². The molecule has 0 spiro atoms. The predicted octanol–water partition coefficient (Wildman–Crippen LogP) is 0.690. The van der Waals surface area contributed by atoms with Gasteiger partial charge in [-0.3, -0.25) is 9.59 Å². The number of hydrogen-bond acceptors (Lipinski definition) is 6. The van der Waals surface area contributed by atoms with Crippen LogP contribution < -0.4 is 5.32 Å². The molecule has 0 saturated carbocycles. The molecule has 0 unspecified atom stereocenters. The lowest BCUT2D eigenvalue weighted by Crippen LogP contribution is -2.30. The van der Waals surface area contributed by atoms with E-state index in [1.807, 2.05) is 0 Å².